The minimum absolute atomic E-state index is 0.112. The fourth-order valence-electron chi connectivity index (χ4n) is 1.68. The smallest absolute Gasteiger partial charge is 0.330 e. The van der Waals surface area contributed by atoms with Crippen LogP contribution in [0.15, 0.2) is 48.7 Å². The highest BCUT2D eigenvalue weighted by molar-refractivity contribution is 5.95. The molecule has 6 nitrogen and oxygen atoms in total. The average Bonchev–Trinajstić information content (AvgIpc) is 2.46. The molecule has 2 aromatic rings. The Morgan fingerprint density at radius 1 is 1.15 bits per heavy atom. The van der Waals surface area contributed by atoms with Crippen LogP contribution < -0.4 is 11.1 Å². The van der Waals surface area contributed by atoms with Crippen molar-refractivity contribution < 1.29 is 14.7 Å². The van der Waals surface area contributed by atoms with Crippen LogP contribution in [-0.4, -0.2) is 22.0 Å². The Kier molecular flexibility index (Phi) is 3.95. The Labute approximate surface area is 115 Å². The zero-order chi connectivity index (χ0) is 14.5. The van der Waals surface area contributed by atoms with E-state index in [0.29, 0.717) is 11.3 Å². The highest BCUT2D eigenvalue weighted by Crippen LogP contribution is 2.13. The number of nitrogen functional groups attached to an aromatic ring is 1. The maximum absolute atomic E-state index is 12.0. The number of nitrogens with one attached hydrogen (secondary N) is 1. The standard InChI is InChI=1S/C14H13N3O3/c15-10-6-7-11(16-8-10)13(18)17-12(14(19)20)9-4-2-1-3-5-9/h1-8,12H,15H2,(H,17,18)(H,19,20)/t12-/m0/s1. The normalized spacial score (nSPS) is 11.6. The first-order valence-corrected chi connectivity index (χ1v) is 5.88. The lowest BCUT2D eigenvalue weighted by atomic mass is 10.1. The highest BCUT2D eigenvalue weighted by Gasteiger charge is 2.22. The van der Waals surface area contributed by atoms with Gasteiger partial charge in [-0.1, -0.05) is 30.3 Å². The van der Waals surface area contributed by atoms with Crippen molar-refractivity contribution in [3.05, 3.63) is 59.9 Å². The first kappa shape index (κ1) is 13.5. The van der Waals surface area contributed by atoms with Gasteiger partial charge in [0.15, 0.2) is 6.04 Å². The molecule has 0 aliphatic rings. The number of aromatic nitrogens is 1. The Bertz CT molecular complexity index is 611. The van der Waals surface area contributed by atoms with Crippen molar-refractivity contribution >= 4 is 17.6 Å². The number of amides is 1. The number of carbonyl (C=O) groups excluding carboxylic acids is 1. The summed E-state index contributed by atoms with van der Waals surface area (Å²) in [5, 5.41) is 11.6. The number of rotatable bonds is 4. The number of pyridine rings is 1. The maximum atomic E-state index is 12.0. The van der Waals surface area contributed by atoms with Crippen LogP contribution in [0.5, 0.6) is 0 Å². The van der Waals surface area contributed by atoms with Crippen molar-refractivity contribution in [3.63, 3.8) is 0 Å². The van der Waals surface area contributed by atoms with Gasteiger partial charge in [-0.15, -0.1) is 0 Å². The lowest BCUT2D eigenvalue weighted by Crippen LogP contribution is -2.34. The minimum atomic E-state index is -1.14. The van der Waals surface area contributed by atoms with E-state index >= 15 is 0 Å². The number of nitrogens with two attached hydrogens (primary N) is 1. The second-order valence-corrected chi connectivity index (χ2v) is 4.13. The van der Waals surface area contributed by atoms with Crippen molar-refractivity contribution in [2.75, 3.05) is 5.73 Å². The van der Waals surface area contributed by atoms with E-state index in [1.807, 2.05) is 0 Å². The number of carboxylic acid groups (broad SMARTS) is 1. The second kappa shape index (κ2) is 5.83. The molecular formula is C14H13N3O3. The Balaban J connectivity index is 2.19. The topological polar surface area (TPSA) is 105 Å². The first-order chi connectivity index (χ1) is 9.58. The molecule has 0 spiro atoms. The van der Waals surface area contributed by atoms with E-state index in [1.165, 1.54) is 18.3 Å². The van der Waals surface area contributed by atoms with E-state index in [0.717, 1.165) is 0 Å². The van der Waals surface area contributed by atoms with E-state index < -0.39 is 17.9 Å². The molecule has 2 rings (SSSR count). The lowest BCUT2D eigenvalue weighted by Gasteiger charge is -2.14. The summed E-state index contributed by atoms with van der Waals surface area (Å²) in [5.41, 5.74) is 6.51. The average molecular weight is 271 g/mol. The van der Waals surface area contributed by atoms with Crippen LogP contribution in [-0.2, 0) is 4.79 Å². The van der Waals surface area contributed by atoms with Crippen LogP contribution in [0.2, 0.25) is 0 Å². The molecule has 0 bridgehead atoms. The van der Waals surface area contributed by atoms with Crippen LogP contribution in [0.1, 0.15) is 22.1 Å². The molecule has 0 unspecified atom stereocenters. The van der Waals surface area contributed by atoms with E-state index in [4.69, 9.17) is 5.73 Å². The molecule has 1 heterocycles. The summed E-state index contributed by atoms with van der Waals surface area (Å²) < 4.78 is 0. The summed E-state index contributed by atoms with van der Waals surface area (Å²) in [4.78, 5) is 27.1. The number of nitrogens with zero attached hydrogens (tertiary/aromatic N) is 1. The van der Waals surface area contributed by atoms with E-state index in [1.54, 1.807) is 30.3 Å². The molecule has 102 valence electrons. The first-order valence-electron chi connectivity index (χ1n) is 5.88. The van der Waals surface area contributed by atoms with Gasteiger partial charge in [0.1, 0.15) is 5.69 Å². The number of hydrogen-bond acceptors (Lipinski definition) is 4. The largest absolute Gasteiger partial charge is 0.479 e. The molecule has 0 fully saturated rings. The molecular weight excluding hydrogens is 258 g/mol. The zero-order valence-electron chi connectivity index (χ0n) is 10.5. The number of aliphatic carboxylic acids is 1. The van der Waals surface area contributed by atoms with Crippen molar-refractivity contribution in [1.29, 1.82) is 0 Å². The fourth-order valence-corrected chi connectivity index (χ4v) is 1.68. The van der Waals surface area contributed by atoms with E-state index in [2.05, 4.69) is 10.3 Å². The van der Waals surface area contributed by atoms with Gasteiger partial charge in [0.05, 0.1) is 11.9 Å². The molecule has 0 saturated carbocycles. The lowest BCUT2D eigenvalue weighted by molar-refractivity contribution is -0.139. The Hall–Kier alpha value is -2.89. The van der Waals surface area contributed by atoms with Crippen molar-refractivity contribution in [3.8, 4) is 0 Å². The number of carboxylic acids is 1. The summed E-state index contributed by atoms with van der Waals surface area (Å²) >= 11 is 0. The Morgan fingerprint density at radius 2 is 1.85 bits per heavy atom. The number of benzene rings is 1. The van der Waals surface area contributed by atoms with E-state index in [-0.39, 0.29) is 5.69 Å². The van der Waals surface area contributed by atoms with Crippen LogP contribution >= 0.6 is 0 Å². The molecule has 6 heteroatoms. The summed E-state index contributed by atoms with van der Waals surface area (Å²) in [7, 11) is 0. The molecule has 20 heavy (non-hydrogen) atoms. The van der Waals surface area contributed by atoms with Gasteiger partial charge in [-0.25, -0.2) is 9.78 Å². The minimum Gasteiger partial charge on any atom is -0.479 e. The fraction of sp³-hybridized carbons (Fsp3) is 0.0714. The van der Waals surface area contributed by atoms with Gasteiger partial charge in [0.2, 0.25) is 0 Å². The molecule has 0 saturated heterocycles. The monoisotopic (exact) mass is 271 g/mol. The van der Waals surface area contributed by atoms with Crippen molar-refractivity contribution in [2.24, 2.45) is 0 Å². The predicted octanol–water partition coefficient (Wildman–Crippen LogP) is 1.22. The van der Waals surface area contributed by atoms with E-state index in [9.17, 15) is 14.7 Å². The van der Waals surface area contributed by atoms with Crippen LogP contribution in [0.3, 0.4) is 0 Å². The molecule has 0 aliphatic heterocycles. The second-order valence-electron chi connectivity index (χ2n) is 4.13. The molecule has 4 N–H and O–H groups in total. The van der Waals surface area contributed by atoms with Gasteiger partial charge < -0.3 is 16.2 Å². The summed E-state index contributed by atoms with van der Waals surface area (Å²) in [5.74, 6) is -1.71. The van der Waals surface area contributed by atoms with Gasteiger partial charge in [0, 0.05) is 0 Å². The Morgan fingerprint density at radius 3 is 2.40 bits per heavy atom. The number of anilines is 1. The SMILES string of the molecule is Nc1ccc(C(=O)N[C@H](C(=O)O)c2ccccc2)nc1. The molecule has 1 aromatic carbocycles. The summed E-state index contributed by atoms with van der Waals surface area (Å²) in [6.07, 6.45) is 1.34. The number of hydrogen-bond donors (Lipinski definition) is 3. The maximum Gasteiger partial charge on any atom is 0.330 e. The predicted molar refractivity (Wildman–Crippen MR) is 72.9 cm³/mol. The van der Waals surface area contributed by atoms with Gasteiger partial charge in [0.25, 0.3) is 5.91 Å². The summed E-state index contributed by atoms with van der Waals surface area (Å²) in [6, 6.07) is 10.3. The molecule has 0 aliphatic carbocycles. The highest BCUT2D eigenvalue weighted by atomic mass is 16.4. The van der Waals surface area contributed by atoms with Crippen molar-refractivity contribution in [1.82, 2.24) is 10.3 Å². The van der Waals surface area contributed by atoms with Crippen LogP contribution in [0, 0.1) is 0 Å². The molecule has 0 radical (unpaired) electrons. The van der Waals surface area contributed by atoms with Crippen LogP contribution in [0.4, 0.5) is 5.69 Å². The summed E-state index contributed by atoms with van der Waals surface area (Å²) in [6.45, 7) is 0. The van der Waals surface area contributed by atoms with Crippen LogP contribution in [0.25, 0.3) is 0 Å². The third kappa shape index (κ3) is 3.11. The quantitative estimate of drug-likeness (QED) is 0.775. The number of carbonyl (C=O) groups is 2. The molecule has 1 amide bonds. The third-order valence-electron chi connectivity index (χ3n) is 2.67. The molecule has 1 atom stereocenters. The van der Waals surface area contributed by atoms with Crippen molar-refractivity contribution in [2.45, 2.75) is 6.04 Å². The third-order valence-corrected chi connectivity index (χ3v) is 2.67. The molecule has 1 aromatic heterocycles. The van der Waals surface area contributed by atoms with Gasteiger partial charge >= 0.3 is 5.97 Å². The van der Waals surface area contributed by atoms with Gasteiger partial charge in [-0.05, 0) is 17.7 Å². The van der Waals surface area contributed by atoms with Gasteiger partial charge in [-0.2, -0.15) is 0 Å². The zero-order valence-corrected chi connectivity index (χ0v) is 10.5. The van der Waals surface area contributed by atoms with Gasteiger partial charge in [-0.3, -0.25) is 4.79 Å².